The first-order valence-electron chi connectivity index (χ1n) is 7.10. The van der Waals surface area contributed by atoms with Gasteiger partial charge in [0.15, 0.2) is 0 Å². The van der Waals surface area contributed by atoms with Crippen molar-refractivity contribution in [1.29, 1.82) is 0 Å². The lowest BCUT2D eigenvalue weighted by Gasteiger charge is -2.29. The first-order chi connectivity index (χ1) is 9.90. The average Bonchev–Trinajstić information content (AvgIpc) is 2.46. The summed E-state index contributed by atoms with van der Waals surface area (Å²) in [5, 5.41) is 7.89. The molecule has 0 bridgehead atoms. The van der Waals surface area contributed by atoms with Crippen LogP contribution in [0.2, 0.25) is 0 Å². The van der Waals surface area contributed by atoms with Gasteiger partial charge in [0.25, 0.3) is 0 Å². The highest BCUT2D eigenvalue weighted by Gasteiger charge is 2.28. The summed E-state index contributed by atoms with van der Waals surface area (Å²) in [6.07, 6.45) is 0. The van der Waals surface area contributed by atoms with Crippen LogP contribution in [-0.4, -0.2) is 12.5 Å². The molecule has 2 rings (SSSR count). The van der Waals surface area contributed by atoms with Crippen LogP contribution in [0, 0.1) is 5.41 Å². The quantitative estimate of drug-likeness (QED) is 0.864. The van der Waals surface area contributed by atoms with Gasteiger partial charge in [-0.05, 0) is 36.4 Å². The van der Waals surface area contributed by atoms with Crippen molar-refractivity contribution in [2.24, 2.45) is 10.6 Å². The number of amides is 1. The van der Waals surface area contributed by atoms with Crippen LogP contribution in [0.5, 0.6) is 0 Å². The molecule has 21 heavy (non-hydrogen) atoms. The second-order valence-electron chi connectivity index (χ2n) is 6.05. The fraction of sp³-hybridized carbons (Fsp3) is 0.353. The molecule has 2 N–H and O–H groups in total. The van der Waals surface area contributed by atoms with E-state index in [0.717, 1.165) is 21.4 Å². The highest BCUT2D eigenvalue weighted by molar-refractivity contribution is 7.97. The summed E-state index contributed by atoms with van der Waals surface area (Å²) in [5.41, 5.74) is 0.545. The van der Waals surface area contributed by atoms with Crippen molar-refractivity contribution in [1.82, 2.24) is 0 Å². The summed E-state index contributed by atoms with van der Waals surface area (Å²) in [4.78, 5) is 15.6. The fourth-order valence-electron chi connectivity index (χ4n) is 2.43. The molecule has 0 aliphatic heterocycles. The third-order valence-electron chi connectivity index (χ3n) is 3.48. The van der Waals surface area contributed by atoms with Gasteiger partial charge >= 0.3 is 0 Å². The third-order valence-corrected chi connectivity index (χ3v) is 4.09. The monoisotopic (exact) mass is 302 g/mol. The van der Waals surface area contributed by atoms with Gasteiger partial charge in [-0.15, -0.1) is 0 Å². The minimum Gasteiger partial charge on any atom is -0.312 e. The lowest BCUT2D eigenvalue weighted by Crippen LogP contribution is -2.39. The van der Waals surface area contributed by atoms with E-state index in [1.54, 1.807) is 0 Å². The Hall–Kier alpha value is -1.52. The molecule has 0 heterocycles. The highest BCUT2D eigenvalue weighted by Crippen LogP contribution is 2.33. The van der Waals surface area contributed by atoms with E-state index in [4.69, 9.17) is 5.14 Å². The molecule has 0 atom stereocenters. The van der Waals surface area contributed by atoms with Gasteiger partial charge in [-0.25, -0.2) is 0 Å². The van der Waals surface area contributed by atoms with Gasteiger partial charge in [-0.2, -0.15) is 0 Å². The predicted molar refractivity (Wildman–Crippen MR) is 91.5 cm³/mol. The molecule has 0 radical (unpaired) electrons. The van der Waals surface area contributed by atoms with Crippen molar-refractivity contribution in [2.45, 2.75) is 32.6 Å². The SMILES string of the molecule is CCN(C(=O)C(C)(C)C)c1cccc2c(SN)cccc12. The fourth-order valence-corrected chi connectivity index (χ4v) is 2.89. The minimum atomic E-state index is -0.404. The number of hydrogen-bond acceptors (Lipinski definition) is 3. The molecule has 3 nitrogen and oxygen atoms in total. The summed E-state index contributed by atoms with van der Waals surface area (Å²) < 4.78 is 0. The number of nitrogens with zero attached hydrogens (tertiary/aromatic N) is 1. The van der Waals surface area contributed by atoms with Gasteiger partial charge < -0.3 is 4.90 Å². The normalized spacial score (nSPS) is 11.7. The second-order valence-corrected chi connectivity index (χ2v) is 6.72. The van der Waals surface area contributed by atoms with Crippen LogP contribution in [-0.2, 0) is 4.79 Å². The summed E-state index contributed by atoms with van der Waals surface area (Å²) in [7, 11) is 0. The number of nitrogens with two attached hydrogens (primary N) is 1. The van der Waals surface area contributed by atoms with Gasteiger partial charge in [0.05, 0.1) is 5.69 Å². The van der Waals surface area contributed by atoms with E-state index < -0.39 is 5.41 Å². The van der Waals surface area contributed by atoms with E-state index in [-0.39, 0.29) is 5.91 Å². The number of fused-ring (bicyclic) bond motifs is 1. The molecule has 112 valence electrons. The molecule has 2 aromatic carbocycles. The molecule has 0 saturated carbocycles. The van der Waals surface area contributed by atoms with Crippen LogP contribution in [0.25, 0.3) is 10.8 Å². The van der Waals surface area contributed by atoms with Crippen molar-refractivity contribution in [3.8, 4) is 0 Å². The van der Waals surface area contributed by atoms with Crippen LogP contribution in [0.3, 0.4) is 0 Å². The van der Waals surface area contributed by atoms with E-state index in [0.29, 0.717) is 6.54 Å². The van der Waals surface area contributed by atoms with Crippen LogP contribution >= 0.6 is 11.9 Å². The number of carbonyl (C=O) groups is 1. The maximum absolute atomic E-state index is 12.7. The zero-order chi connectivity index (χ0) is 15.6. The number of rotatable bonds is 3. The van der Waals surface area contributed by atoms with Gasteiger partial charge in [0.1, 0.15) is 0 Å². The lowest BCUT2D eigenvalue weighted by atomic mass is 9.94. The van der Waals surface area contributed by atoms with Gasteiger partial charge in [-0.1, -0.05) is 45.0 Å². The van der Waals surface area contributed by atoms with E-state index in [2.05, 4.69) is 0 Å². The number of carbonyl (C=O) groups excluding carboxylic acids is 1. The Balaban J connectivity index is 2.63. The predicted octanol–water partition coefficient (Wildman–Crippen LogP) is 4.20. The summed E-state index contributed by atoms with van der Waals surface area (Å²) in [6, 6.07) is 12.1. The molecule has 0 aromatic heterocycles. The molecule has 0 spiro atoms. The Kier molecular flexibility index (Phi) is 4.59. The standard InChI is InChI=1S/C17H22N2OS/c1-5-19(16(20)17(2,3)4)14-10-6-9-13-12(14)8-7-11-15(13)21-18/h6-11H,5,18H2,1-4H3. The van der Waals surface area contributed by atoms with Gasteiger partial charge in [0, 0.05) is 22.2 Å². The summed E-state index contributed by atoms with van der Waals surface area (Å²) in [5.74, 6) is 0.128. The van der Waals surface area contributed by atoms with Crippen molar-refractivity contribution >= 4 is 34.3 Å². The molecule has 2 aromatic rings. The largest absolute Gasteiger partial charge is 0.312 e. The molecule has 1 amide bonds. The Morgan fingerprint density at radius 2 is 1.76 bits per heavy atom. The van der Waals surface area contributed by atoms with Crippen LogP contribution in [0.15, 0.2) is 41.3 Å². The Morgan fingerprint density at radius 3 is 2.33 bits per heavy atom. The van der Waals surface area contributed by atoms with Gasteiger partial charge in [-0.3, -0.25) is 9.93 Å². The van der Waals surface area contributed by atoms with Crippen molar-refractivity contribution in [2.75, 3.05) is 11.4 Å². The first-order valence-corrected chi connectivity index (χ1v) is 7.98. The Labute approximate surface area is 130 Å². The Bertz CT molecular complexity index is 661. The van der Waals surface area contributed by atoms with E-state index >= 15 is 0 Å². The minimum absolute atomic E-state index is 0.128. The molecule has 0 fully saturated rings. The zero-order valence-corrected chi connectivity index (χ0v) is 13.8. The molecule has 0 saturated heterocycles. The van der Waals surface area contributed by atoms with E-state index in [1.165, 1.54) is 11.9 Å². The Morgan fingerprint density at radius 1 is 1.14 bits per heavy atom. The van der Waals surface area contributed by atoms with Crippen molar-refractivity contribution in [3.63, 3.8) is 0 Å². The molecule has 0 aliphatic carbocycles. The number of anilines is 1. The topological polar surface area (TPSA) is 46.3 Å². The second kappa shape index (κ2) is 6.08. The van der Waals surface area contributed by atoms with Crippen molar-refractivity contribution < 1.29 is 4.79 Å². The number of benzene rings is 2. The van der Waals surface area contributed by atoms with Crippen LogP contribution in [0.1, 0.15) is 27.7 Å². The van der Waals surface area contributed by atoms with Crippen LogP contribution in [0.4, 0.5) is 5.69 Å². The lowest BCUT2D eigenvalue weighted by molar-refractivity contribution is -0.125. The zero-order valence-electron chi connectivity index (χ0n) is 13.0. The average molecular weight is 302 g/mol. The smallest absolute Gasteiger partial charge is 0.232 e. The molecular formula is C17H22N2OS. The third kappa shape index (κ3) is 3.06. The maximum Gasteiger partial charge on any atom is 0.232 e. The molecular weight excluding hydrogens is 280 g/mol. The van der Waals surface area contributed by atoms with Crippen molar-refractivity contribution in [3.05, 3.63) is 36.4 Å². The molecule has 0 aliphatic rings. The van der Waals surface area contributed by atoms with E-state index in [9.17, 15) is 4.79 Å². The van der Waals surface area contributed by atoms with Crippen LogP contribution < -0.4 is 10.0 Å². The maximum atomic E-state index is 12.7. The highest BCUT2D eigenvalue weighted by atomic mass is 32.2. The molecule has 0 unspecified atom stereocenters. The van der Waals surface area contributed by atoms with E-state index in [1.807, 2.05) is 69.0 Å². The summed E-state index contributed by atoms with van der Waals surface area (Å²) in [6.45, 7) is 8.50. The summed E-state index contributed by atoms with van der Waals surface area (Å²) >= 11 is 1.24. The van der Waals surface area contributed by atoms with Gasteiger partial charge in [0.2, 0.25) is 5.91 Å². The molecule has 4 heteroatoms. The number of hydrogen-bond donors (Lipinski definition) is 1. The first kappa shape index (κ1) is 15.9.